The van der Waals surface area contributed by atoms with Gasteiger partial charge in [0.2, 0.25) is 0 Å². The lowest BCUT2D eigenvalue weighted by atomic mass is 10.2. The Hall–Kier alpha value is -4.02. The maximum absolute atomic E-state index is 12.6. The molecule has 0 saturated carbocycles. The van der Waals surface area contributed by atoms with E-state index >= 15 is 0 Å². The SMILES string of the molecule is O=C(Nc1ncc(CCNc2ncnc3ccsc23)s1)Nc1ccccc1Nc1ccccc1. The number of aromatic nitrogens is 3. The summed E-state index contributed by atoms with van der Waals surface area (Å²) in [4.78, 5) is 26.6. The zero-order valence-corrected chi connectivity index (χ0v) is 19.6. The normalized spacial score (nSPS) is 10.7. The molecule has 0 spiro atoms. The summed E-state index contributed by atoms with van der Waals surface area (Å²) >= 11 is 3.07. The number of thiophene rings is 1. The fourth-order valence-corrected chi connectivity index (χ4v) is 4.95. The Morgan fingerprint density at radius 1 is 0.882 bits per heavy atom. The first-order valence-corrected chi connectivity index (χ1v) is 12.3. The molecule has 4 N–H and O–H groups in total. The van der Waals surface area contributed by atoms with Gasteiger partial charge >= 0.3 is 6.03 Å². The fourth-order valence-electron chi connectivity index (χ4n) is 3.33. The lowest BCUT2D eigenvalue weighted by Gasteiger charge is -2.13. The van der Waals surface area contributed by atoms with Crippen LogP contribution in [0.2, 0.25) is 0 Å². The highest BCUT2D eigenvalue weighted by Crippen LogP contribution is 2.27. The number of urea groups is 1. The lowest BCUT2D eigenvalue weighted by Crippen LogP contribution is -2.19. The van der Waals surface area contributed by atoms with Crippen molar-refractivity contribution < 1.29 is 4.79 Å². The van der Waals surface area contributed by atoms with Crippen molar-refractivity contribution in [2.75, 3.05) is 27.8 Å². The number of thiazole rings is 1. The molecule has 0 saturated heterocycles. The molecule has 0 unspecified atom stereocenters. The summed E-state index contributed by atoms with van der Waals surface area (Å²) in [6.45, 7) is 0.705. The van der Waals surface area contributed by atoms with Crippen molar-refractivity contribution in [3.63, 3.8) is 0 Å². The van der Waals surface area contributed by atoms with Gasteiger partial charge in [0.1, 0.15) is 12.1 Å². The van der Waals surface area contributed by atoms with Gasteiger partial charge in [-0.2, -0.15) is 0 Å². The van der Waals surface area contributed by atoms with Crippen LogP contribution in [0.15, 0.2) is 78.6 Å². The third-order valence-corrected chi connectivity index (χ3v) is 6.79. The number of rotatable bonds is 8. The minimum Gasteiger partial charge on any atom is -0.368 e. The minimum atomic E-state index is -0.345. The van der Waals surface area contributed by atoms with E-state index in [4.69, 9.17) is 0 Å². The first kappa shape index (κ1) is 21.8. The number of carbonyl (C=O) groups excluding carboxylic acids is 1. The van der Waals surface area contributed by atoms with Crippen LogP contribution in [0.4, 0.5) is 32.8 Å². The summed E-state index contributed by atoms with van der Waals surface area (Å²) in [6, 6.07) is 19.0. The summed E-state index contributed by atoms with van der Waals surface area (Å²) in [6.07, 6.45) is 4.12. The van der Waals surface area contributed by atoms with E-state index < -0.39 is 0 Å². The Labute approximate surface area is 204 Å². The third-order valence-electron chi connectivity index (χ3n) is 4.91. The number of para-hydroxylation sites is 3. The van der Waals surface area contributed by atoms with Crippen molar-refractivity contribution in [1.82, 2.24) is 15.0 Å². The number of amides is 2. The van der Waals surface area contributed by atoms with Crippen LogP contribution in [-0.2, 0) is 6.42 Å². The summed E-state index contributed by atoms with van der Waals surface area (Å²) in [7, 11) is 0. The number of nitrogens with one attached hydrogen (secondary N) is 4. The quantitative estimate of drug-likeness (QED) is 0.208. The number of hydrogen-bond acceptors (Lipinski definition) is 8. The lowest BCUT2D eigenvalue weighted by molar-refractivity contribution is 0.262. The predicted octanol–water partition coefficient (Wildman–Crippen LogP) is 6.19. The van der Waals surface area contributed by atoms with Gasteiger partial charge in [0.25, 0.3) is 0 Å². The van der Waals surface area contributed by atoms with Crippen molar-refractivity contribution in [1.29, 1.82) is 0 Å². The number of nitrogens with zero attached hydrogens (tertiary/aromatic N) is 3. The van der Waals surface area contributed by atoms with Crippen LogP contribution in [0.25, 0.3) is 10.2 Å². The second-order valence-corrected chi connectivity index (χ2v) is 9.31. The molecule has 3 aromatic heterocycles. The molecule has 170 valence electrons. The second-order valence-electron chi connectivity index (χ2n) is 7.28. The minimum absolute atomic E-state index is 0.345. The van der Waals surface area contributed by atoms with E-state index in [0.717, 1.165) is 38.7 Å². The Morgan fingerprint density at radius 2 is 1.71 bits per heavy atom. The van der Waals surface area contributed by atoms with Gasteiger partial charge in [-0.3, -0.25) is 5.32 Å². The van der Waals surface area contributed by atoms with E-state index in [1.54, 1.807) is 23.9 Å². The highest BCUT2D eigenvalue weighted by Gasteiger charge is 2.10. The number of fused-ring (bicyclic) bond motifs is 1. The van der Waals surface area contributed by atoms with Crippen molar-refractivity contribution in [3.8, 4) is 0 Å². The molecule has 0 radical (unpaired) electrons. The molecule has 3 heterocycles. The Morgan fingerprint density at radius 3 is 2.59 bits per heavy atom. The number of hydrogen-bond donors (Lipinski definition) is 4. The van der Waals surface area contributed by atoms with Gasteiger partial charge in [0.05, 0.1) is 21.6 Å². The van der Waals surface area contributed by atoms with Gasteiger partial charge in [-0.25, -0.2) is 19.7 Å². The molecule has 2 amide bonds. The van der Waals surface area contributed by atoms with Gasteiger partial charge in [0.15, 0.2) is 5.13 Å². The molecule has 10 heteroatoms. The second kappa shape index (κ2) is 10.3. The smallest absolute Gasteiger partial charge is 0.325 e. The molecule has 34 heavy (non-hydrogen) atoms. The molecule has 0 fully saturated rings. The molecular weight excluding hydrogens is 466 g/mol. The van der Waals surface area contributed by atoms with Crippen LogP contribution in [0.3, 0.4) is 0 Å². The zero-order valence-electron chi connectivity index (χ0n) is 18.0. The molecule has 0 atom stereocenters. The maximum Gasteiger partial charge on any atom is 0.325 e. The molecule has 0 aliphatic carbocycles. The predicted molar refractivity (Wildman–Crippen MR) is 141 cm³/mol. The summed E-state index contributed by atoms with van der Waals surface area (Å²) in [5.41, 5.74) is 3.37. The Balaban J connectivity index is 1.15. The van der Waals surface area contributed by atoms with E-state index in [0.29, 0.717) is 17.4 Å². The van der Waals surface area contributed by atoms with E-state index in [2.05, 4.69) is 36.2 Å². The van der Waals surface area contributed by atoms with Crippen LogP contribution >= 0.6 is 22.7 Å². The Bertz CT molecular complexity index is 1400. The van der Waals surface area contributed by atoms with Crippen molar-refractivity contribution in [2.24, 2.45) is 0 Å². The van der Waals surface area contributed by atoms with E-state index in [-0.39, 0.29) is 6.03 Å². The van der Waals surface area contributed by atoms with E-state index in [9.17, 15) is 4.79 Å². The third kappa shape index (κ3) is 5.30. The van der Waals surface area contributed by atoms with Gasteiger partial charge in [0, 0.05) is 29.7 Å². The average molecular weight is 488 g/mol. The molecule has 8 nitrogen and oxygen atoms in total. The van der Waals surface area contributed by atoms with Crippen LogP contribution in [-0.4, -0.2) is 27.5 Å². The van der Waals surface area contributed by atoms with Crippen molar-refractivity contribution in [2.45, 2.75) is 6.42 Å². The highest BCUT2D eigenvalue weighted by atomic mass is 32.1. The van der Waals surface area contributed by atoms with Crippen LogP contribution in [0, 0.1) is 0 Å². The summed E-state index contributed by atoms with van der Waals surface area (Å²) in [5.74, 6) is 0.838. The molecule has 2 aromatic carbocycles. The number of anilines is 5. The first-order valence-electron chi connectivity index (χ1n) is 10.6. The molecule has 5 rings (SSSR count). The molecule has 0 bridgehead atoms. The molecule has 0 aliphatic heterocycles. The summed E-state index contributed by atoms with van der Waals surface area (Å²) < 4.78 is 1.05. The average Bonchev–Trinajstić information content (AvgIpc) is 3.51. The van der Waals surface area contributed by atoms with E-state index in [1.807, 2.05) is 66.0 Å². The van der Waals surface area contributed by atoms with E-state index in [1.165, 1.54) is 11.3 Å². The topological polar surface area (TPSA) is 104 Å². The number of carbonyl (C=O) groups is 1. The van der Waals surface area contributed by atoms with Gasteiger partial charge in [-0.05, 0) is 35.7 Å². The van der Waals surface area contributed by atoms with Crippen LogP contribution < -0.4 is 21.3 Å². The molecule has 5 aromatic rings. The van der Waals surface area contributed by atoms with Crippen LogP contribution in [0.5, 0.6) is 0 Å². The zero-order chi connectivity index (χ0) is 23.2. The fraction of sp³-hybridized carbons (Fsp3) is 0.0833. The highest BCUT2D eigenvalue weighted by molar-refractivity contribution is 7.17. The van der Waals surface area contributed by atoms with Gasteiger partial charge in [-0.15, -0.1) is 22.7 Å². The first-order chi connectivity index (χ1) is 16.7. The number of benzene rings is 2. The largest absolute Gasteiger partial charge is 0.368 e. The van der Waals surface area contributed by atoms with Gasteiger partial charge < -0.3 is 16.0 Å². The Kier molecular flexibility index (Phi) is 6.59. The standard InChI is InChI=1S/C24H21N7OS2/c32-23(30-19-9-5-4-8-18(19)29-16-6-2-1-3-7-16)31-24-26-14-17(34-24)10-12-25-22-21-20(11-13-33-21)27-15-28-22/h1-9,11,13-15,29H,10,12H2,(H,25,27,28)(H2,26,30,31,32). The summed E-state index contributed by atoms with van der Waals surface area (Å²) in [5, 5.41) is 15.0. The molecule has 0 aliphatic rings. The molecular formula is C24H21N7OS2. The monoisotopic (exact) mass is 487 g/mol. The van der Waals surface area contributed by atoms with Crippen LogP contribution in [0.1, 0.15) is 4.88 Å². The van der Waals surface area contributed by atoms with Crippen molar-refractivity contribution in [3.05, 3.63) is 83.4 Å². The van der Waals surface area contributed by atoms with Gasteiger partial charge in [-0.1, -0.05) is 30.3 Å². The van der Waals surface area contributed by atoms with Crippen molar-refractivity contribution >= 4 is 66.9 Å². The maximum atomic E-state index is 12.6.